The summed E-state index contributed by atoms with van der Waals surface area (Å²) in [5.41, 5.74) is 12.8. The summed E-state index contributed by atoms with van der Waals surface area (Å²) in [5.74, 6) is 0. The second-order valence-corrected chi connectivity index (χ2v) is 13.0. The van der Waals surface area contributed by atoms with Gasteiger partial charge < -0.3 is 4.90 Å². The summed E-state index contributed by atoms with van der Waals surface area (Å²) < 4.78 is 0. The molecule has 1 nitrogen and oxygen atoms in total. The van der Waals surface area contributed by atoms with E-state index in [1.54, 1.807) is 0 Å². The van der Waals surface area contributed by atoms with Gasteiger partial charge in [0.15, 0.2) is 0 Å². The van der Waals surface area contributed by atoms with E-state index >= 15 is 0 Å². The Morgan fingerprint density at radius 3 is 1.35 bits per heavy atom. The second kappa shape index (κ2) is 13.3. The quantitative estimate of drug-likeness (QED) is 0.166. The molecule has 240 valence electrons. The lowest BCUT2D eigenvalue weighted by Crippen LogP contribution is -2.12. The normalized spacial score (nSPS) is 11.1. The number of benzene rings is 9. The van der Waals surface area contributed by atoms with Gasteiger partial charge in [0.05, 0.1) is 5.69 Å². The largest absolute Gasteiger partial charge is 0.310 e. The minimum absolute atomic E-state index is 1.09. The number of hydrogen-bond donors (Lipinski definition) is 0. The van der Waals surface area contributed by atoms with Gasteiger partial charge in [0, 0.05) is 16.9 Å². The first-order chi connectivity index (χ1) is 25.3. The maximum atomic E-state index is 2.46. The first kappa shape index (κ1) is 30.4. The van der Waals surface area contributed by atoms with Crippen LogP contribution in [0.4, 0.5) is 17.1 Å². The Labute approximate surface area is 299 Å². The lowest BCUT2D eigenvalue weighted by atomic mass is 9.91. The average molecular weight is 650 g/mol. The third-order valence-electron chi connectivity index (χ3n) is 9.83. The highest BCUT2D eigenvalue weighted by molar-refractivity contribution is 6.11. The molecule has 9 aromatic rings. The van der Waals surface area contributed by atoms with Crippen molar-refractivity contribution < 1.29 is 0 Å². The van der Waals surface area contributed by atoms with E-state index in [-0.39, 0.29) is 0 Å². The molecule has 0 radical (unpaired) electrons. The van der Waals surface area contributed by atoms with Gasteiger partial charge in [0.2, 0.25) is 0 Å². The highest BCUT2D eigenvalue weighted by atomic mass is 15.1. The van der Waals surface area contributed by atoms with Crippen LogP contribution in [0.2, 0.25) is 0 Å². The SMILES string of the molecule is c1ccc(-c2ccc(N(c3cc(-c4ccccc4)cc(-c4ccccc4)c3)c3ccc4ccccc4c3-c3cccc4ccccc34)cc2)cc1. The Balaban J connectivity index is 1.35. The zero-order chi connectivity index (χ0) is 34.0. The molecule has 0 atom stereocenters. The first-order valence-electron chi connectivity index (χ1n) is 17.5. The average Bonchev–Trinajstić information content (AvgIpc) is 3.22. The number of nitrogens with zero attached hydrogens (tertiary/aromatic N) is 1. The molecule has 9 aromatic carbocycles. The highest BCUT2D eigenvalue weighted by Crippen LogP contribution is 2.47. The lowest BCUT2D eigenvalue weighted by molar-refractivity contribution is 1.29. The summed E-state index contributed by atoms with van der Waals surface area (Å²) in [4.78, 5) is 2.46. The monoisotopic (exact) mass is 649 g/mol. The van der Waals surface area contributed by atoms with Crippen LogP contribution >= 0.6 is 0 Å². The van der Waals surface area contributed by atoms with Crippen molar-refractivity contribution >= 4 is 38.6 Å². The fourth-order valence-electron chi connectivity index (χ4n) is 7.37. The van der Waals surface area contributed by atoms with E-state index in [2.05, 4.69) is 217 Å². The van der Waals surface area contributed by atoms with E-state index in [1.807, 2.05) is 0 Å². The highest BCUT2D eigenvalue weighted by Gasteiger charge is 2.22. The van der Waals surface area contributed by atoms with Crippen LogP contribution in [0.3, 0.4) is 0 Å². The number of fused-ring (bicyclic) bond motifs is 2. The zero-order valence-corrected chi connectivity index (χ0v) is 28.2. The predicted octanol–water partition coefficient (Wildman–Crippen LogP) is 14.1. The fourth-order valence-corrected chi connectivity index (χ4v) is 7.37. The second-order valence-electron chi connectivity index (χ2n) is 13.0. The molecule has 0 aliphatic rings. The standard InChI is InChI=1S/C50H35N/c1-4-15-36(16-5-1)39-27-30-44(31-28-39)51(45-34-42(37-17-6-2-7-18-37)33-43(35-45)38-19-8-3-9-20-38)49-32-29-41-22-11-13-25-47(41)50(49)48-26-14-23-40-21-10-12-24-46(40)48/h1-35H. The van der Waals surface area contributed by atoms with Crippen LogP contribution in [0.25, 0.3) is 66.1 Å². The van der Waals surface area contributed by atoms with Gasteiger partial charge >= 0.3 is 0 Å². The summed E-state index contributed by atoms with van der Waals surface area (Å²) in [6.07, 6.45) is 0. The summed E-state index contributed by atoms with van der Waals surface area (Å²) in [5, 5.41) is 4.90. The van der Waals surface area contributed by atoms with Crippen molar-refractivity contribution in [1.82, 2.24) is 0 Å². The molecule has 0 aliphatic heterocycles. The third-order valence-corrected chi connectivity index (χ3v) is 9.83. The fraction of sp³-hybridized carbons (Fsp3) is 0. The Hall–Kier alpha value is -6.70. The molecule has 0 aliphatic carbocycles. The third kappa shape index (κ3) is 5.86. The van der Waals surface area contributed by atoms with Crippen LogP contribution in [0.15, 0.2) is 212 Å². The summed E-state index contributed by atoms with van der Waals surface area (Å²) in [6, 6.07) is 76.8. The van der Waals surface area contributed by atoms with Gasteiger partial charge in [-0.25, -0.2) is 0 Å². The van der Waals surface area contributed by atoms with Crippen molar-refractivity contribution in [3.05, 3.63) is 212 Å². The molecule has 9 rings (SSSR count). The Morgan fingerprint density at radius 1 is 0.275 bits per heavy atom. The maximum Gasteiger partial charge on any atom is 0.0546 e. The van der Waals surface area contributed by atoms with Crippen LogP contribution in [0.1, 0.15) is 0 Å². The lowest BCUT2D eigenvalue weighted by Gasteiger charge is -2.30. The van der Waals surface area contributed by atoms with E-state index in [0.29, 0.717) is 0 Å². The predicted molar refractivity (Wildman–Crippen MR) is 218 cm³/mol. The minimum Gasteiger partial charge on any atom is -0.310 e. The molecular formula is C50H35N. The molecule has 0 bridgehead atoms. The van der Waals surface area contributed by atoms with Gasteiger partial charge in [-0.05, 0) is 96.9 Å². The molecule has 0 fully saturated rings. The Bertz CT molecular complexity index is 2540. The van der Waals surface area contributed by atoms with Gasteiger partial charge in [0.1, 0.15) is 0 Å². The van der Waals surface area contributed by atoms with E-state index in [0.717, 1.165) is 17.1 Å². The van der Waals surface area contributed by atoms with Gasteiger partial charge in [-0.1, -0.05) is 176 Å². The Morgan fingerprint density at radius 2 is 0.745 bits per heavy atom. The molecule has 0 aromatic heterocycles. The van der Waals surface area contributed by atoms with Crippen molar-refractivity contribution in [3.63, 3.8) is 0 Å². The van der Waals surface area contributed by atoms with Crippen LogP contribution in [0, 0.1) is 0 Å². The molecule has 0 heterocycles. The van der Waals surface area contributed by atoms with Gasteiger partial charge in [-0.15, -0.1) is 0 Å². The molecule has 0 saturated carbocycles. The van der Waals surface area contributed by atoms with E-state index in [4.69, 9.17) is 0 Å². The number of rotatable bonds is 7. The van der Waals surface area contributed by atoms with Crippen LogP contribution in [-0.2, 0) is 0 Å². The topological polar surface area (TPSA) is 3.24 Å². The van der Waals surface area contributed by atoms with E-state index < -0.39 is 0 Å². The molecule has 0 amide bonds. The smallest absolute Gasteiger partial charge is 0.0546 e. The molecule has 0 N–H and O–H groups in total. The molecule has 0 unspecified atom stereocenters. The molecule has 0 spiro atoms. The van der Waals surface area contributed by atoms with Gasteiger partial charge in [-0.3, -0.25) is 0 Å². The molecule has 1 heteroatoms. The van der Waals surface area contributed by atoms with Crippen LogP contribution < -0.4 is 4.90 Å². The van der Waals surface area contributed by atoms with Gasteiger partial charge in [0.25, 0.3) is 0 Å². The van der Waals surface area contributed by atoms with Gasteiger partial charge in [-0.2, -0.15) is 0 Å². The van der Waals surface area contributed by atoms with Crippen molar-refractivity contribution in [3.8, 4) is 44.5 Å². The van der Waals surface area contributed by atoms with Crippen molar-refractivity contribution in [2.24, 2.45) is 0 Å². The maximum absolute atomic E-state index is 2.46. The minimum atomic E-state index is 1.09. The first-order valence-corrected chi connectivity index (χ1v) is 17.5. The summed E-state index contributed by atoms with van der Waals surface area (Å²) in [7, 11) is 0. The summed E-state index contributed by atoms with van der Waals surface area (Å²) in [6.45, 7) is 0. The molecule has 51 heavy (non-hydrogen) atoms. The summed E-state index contributed by atoms with van der Waals surface area (Å²) >= 11 is 0. The van der Waals surface area contributed by atoms with Crippen molar-refractivity contribution in [2.45, 2.75) is 0 Å². The van der Waals surface area contributed by atoms with Crippen molar-refractivity contribution in [2.75, 3.05) is 4.90 Å². The number of anilines is 3. The number of hydrogen-bond acceptors (Lipinski definition) is 1. The van der Waals surface area contributed by atoms with Crippen molar-refractivity contribution in [1.29, 1.82) is 0 Å². The van der Waals surface area contributed by atoms with E-state index in [9.17, 15) is 0 Å². The molecule has 0 saturated heterocycles. The molecular weight excluding hydrogens is 615 g/mol. The van der Waals surface area contributed by atoms with Crippen LogP contribution in [-0.4, -0.2) is 0 Å². The van der Waals surface area contributed by atoms with E-state index in [1.165, 1.54) is 66.1 Å². The van der Waals surface area contributed by atoms with Crippen LogP contribution in [0.5, 0.6) is 0 Å². The zero-order valence-electron chi connectivity index (χ0n) is 28.2. The Kier molecular flexibility index (Phi) is 7.92.